The number of rotatable bonds is 13. The number of ether oxygens (including phenoxy) is 4. The molecule has 0 aliphatic carbocycles. The Hall–Kier alpha value is -0.620. The van der Waals surface area contributed by atoms with Crippen molar-refractivity contribution < 1.29 is 18.9 Å². The molecule has 0 amide bonds. The Balaban J connectivity index is 1.72. The van der Waals surface area contributed by atoms with Crippen molar-refractivity contribution in [3.8, 4) is 5.75 Å². The van der Waals surface area contributed by atoms with Crippen LogP contribution in [0.1, 0.15) is 19.8 Å². The van der Waals surface area contributed by atoms with Gasteiger partial charge in [0.1, 0.15) is 12.4 Å². The lowest BCUT2D eigenvalue weighted by molar-refractivity contribution is 0.00897. The molecule has 1 aromatic rings. The maximum atomic E-state index is 5.45. The molecule has 1 aromatic heterocycles. The van der Waals surface area contributed by atoms with Crippen LogP contribution in [0.5, 0.6) is 5.75 Å². The monoisotopic (exact) mass is 288 g/mol. The van der Waals surface area contributed by atoms with E-state index in [0.29, 0.717) is 39.6 Å². The first-order valence-electron chi connectivity index (χ1n) is 6.81. The SMILES string of the molecule is CCCCOCCOCCOCCOc1ccsc1. The first-order valence-corrected chi connectivity index (χ1v) is 7.76. The summed E-state index contributed by atoms with van der Waals surface area (Å²) in [6.45, 7) is 6.66. The summed E-state index contributed by atoms with van der Waals surface area (Å²) in [5.74, 6) is 0.911. The zero-order chi connectivity index (χ0) is 13.6. The molecule has 0 radical (unpaired) electrons. The van der Waals surface area contributed by atoms with Gasteiger partial charge in [0.05, 0.1) is 33.0 Å². The number of hydrogen-bond donors (Lipinski definition) is 0. The summed E-state index contributed by atoms with van der Waals surface area (Å²) in [7, 11) is 0. The molecular formula is C14H24O4S. The first kappa shape index (κ1) is 16.4. The summed E-state index contributed by atoms with van der Waals surface area (Å²) in [5.41, 5.74) is 0. The van der Waals surface area contributed by atoms with Gasteiger partial charge in [0.15, 0.2) is 0 Å². The van der Waals surface area contributed by atoms with E-state index in [4.69, 9.17) is 18.9 Å². The molecule has 0 aromatic carbocycles. The van der Waals surface area contributed by atoms with Crippen molar-refractivity contribution in [2.45, 2.75) is 19.8 Å². The predicted molar refractivity (Wildman–Crippen MR) is 77.2 cm³/mol. The Morgan fingerprint density at radius 2 is 1.53 bits per heavy atom. The van der Waals surface area contributed by atoms with Gasteiger partial charge in [-0.25, -0.2) is 0 Å². The number of unbranched alkanes of at least 4 members (excludes halogenated alkanes) is 1. The van der Waals surface area contributed by atoms with Crippen molar-refractivity contribution in [3.05, 3.63) is 16.8 Å². The molecule has 0 fully saturated rings. The zero-order valence-corrected chi connectivity index (χ0v) is 12.5. The van der Waals surface area contributed by atoms with Crippen LogP contribution in [-0.2, 0) is 14.2 Å². The molecular weight excluding hydrogens is 264 g/mol. The second-order valence-electron chi connectivity index (χ2n) is 4.00. The van der Waals surface area contributed by atoms with Crippen LogP contribution in [0.25, 0.3) is 0 Å². The van der Waals surface area contributed by atoms with E-state index >= 15 is 0 Å². The molecule has 0 aliphatic heterocycles. The van der Waals surface area contributed by atoms with Crippen molar-refractivity contribution in [2.75, 3.05) is 46.2 Å². The van der Waals surface area contributed by atoms with Gasteiger partial charge in [-0.15, -0.1) is 11.3 Å². The molecule has 5 heteroatoms. The standard InChI is InChI=1S/C14H24O4S/c1-2-3-5-15-6-7-16-8-9-17-10-11-18-14-4-12-19-13-14/h4,12-13H,2-3,5-11H2,1H3. The zero-order valence-electron chi connectivity index (χ0n) is 11.6. The maximum Gasteiger partial charge on any atom is 0.130 e. The van der Waals surface area contributed by atoms with Crippen LogP contribution in [0.3, 0.4) is 0 Å². The number of thiophene rings is 1. The second-order valence-corrected chi connectivity index (χ2v) is 4.78. The molecule has 1 heterocycles. The minimum absolute atomic E-state index is 0.580. The van der Waals surface area contributed by atoms with Crippen LogP contribution in [0.4, 0.5) is 0 Å². The molecule has 4 nitrogen and oxygen atoms in total. The van der Waals surface area contributed by atoms with Crippen LogP contribution in [0.15, 0.2) is 16.8 Å². The van der Waals surface area contributed by atoms with Crippen LogP contribution in [-0.4, -0.2) is 46.2 Å². The van der Waals surface area contributed by atoms with Crippen molar-refractivity contribution in [1.29, 1.82) is 0 Å². The maximum absolute atomic E-state index is 5.45. The van der Waals surface area contributed by atoms with Gasteiger partial charge in [-0.1, -0.05) is 13.3 Å². The topological polar surface area (TPSA) is 36.9 Å². The minimum Gasteiger partial charge on any atom is -0.490 e. The summed E-state index contributed by atoms with van der Waals surface area (Å²) >= 11 is 1.63. The summed E-state index contributed by atoms with van der Waals surface area (Å²) in [6, 6.07) is 1.95. The van der Waals surface area contributed by atoms with Crippen molar-refractivity contribution in [3.63, 3.8) is 0 Å². The van der Waals surface area contributed by atoms with E-state index in [1.165, 1.54) is 6.42 Å². The van der Waals surface area contributed by atoms with E-state index < -0.39 is 0 Å². The Morgan fingerprint density at radius 1 is 0.895 bits per heavy atom. The molecule has 0 unspecified atom stereocenters. The van der Waals surface area contributed by atoms with Gasteiger partial charge in [-0.2, -0.15) is 0 Å². The molecule has 0 aliphatic rings. The van der Waals surface area contributed by atoms with E-state index in [1.807, 2.05) is 16.8 Å². The fraction of sp³-hybridized carbons (Fsp3) is 0.714. The average molecular weight is 288 g/mol. The van der Waals surface area contributed by atoms with E-state index in [1.54, 1.807) is 11.3 Å². The Labute approximate surface area is 119 Å². The number of hydrogen-bond acceptors (Lipinski definition) is 5. The molecule has 1 rings (SSSR count). The van der Waals surface area contributed by atoms with E-state index in [2.05, 4.69) is 6.92 Å². The third-order valence-electron chi connectivity index (χ3n) is 2.38. The smallest absolute Gasteiger partial charge is 0.130 e. The Morgan fingerprint density at radius 3 is 2.11 bits per heavy atom. The van der Waals surface area contributed by atoms with Crippen LogP contribution in [0.2, 0.25) is 0 Å². The summed E-state index contributed by atoms with van der Waals surface area (Å²) < 4.78 is 21.6. The molecule has 0 spiro atoms. The molecule has 0 N–H and O–H groups in total. The quantitative estimate of drug-likeness (QED) is 0.523. The van der Waals surface area contributed by atoms with Gasteiger partial charge in [0.2, 0.25) is 0 Å². The van der Waals surface area contributed by atoms with E-state index in [0.717, 1.165) is 18.8 Å². The molecule has 0 atom stereocenters. The molecule has 0 saturated heterocycles. The van der Waals surface area contributed by atoms with Gasteiger partial charge in [0.25, 0.3) is 0 Å². The highest BCUT2D eigenvalue weighted by Gasteiger charge is 1.94. The lowest BCUT2D eigenvalue weighted by atomic mass is 10.4. The third kappa shape index (κ3) is 9.90. The highest BCUT2D eigenvalue weighted by Crippen LogP contribution is 2.14. The minimum atomic E-state index is 0.580. The van der Waals surface area contributed by atoms with Gasteiger partial charge in [-0.3, -0.25) is 0 Å². The first-order chi connectivity index (χ1) is 9.43. The normalized spacial score (nSPS) is 10.8. The summed E-state index contributed by atoms with van der Waals surface area (Å²) in [5, 5.41) is 3.97. The van der Waals surface area contributed by atoms with Crippen molar-refractivity contribution in [1.82, 2.24) is 0 Å². The molecule has 0 bridgehead atoms. The lowest BCUT2D eigenvalue weighted by Gasteiger charge is -2.07. The average Bonchev–Trinajstić information content (AvgIpc) is 2.93. The lowest BCUT2D eigenvalue weighted by Crippen LogP contribution is -2.12. The summed E-state index contributed by atoms with van der Waals surface area (Å²) in [4.78, 5) is 0. The van der Waals surface area contributed by atoms with Gasteiger partial charge < -0.3 is 18.9 Å². The molecule has 110 valence electrons. The van der Waals surface area contributed by atoms with Gasteiger partial charge in [0, 0.05) is 12.0 Å². The van der Waals surface area contributed by atoms with Gasteiger partial charge >= 0.3 is 0 Å². The highest BCUT2D eigenvalue weighted by atomic mass is 32.1. The second kappa shape index (κ2) is 12.4. The molecule has 0 saturated carbocycles. The van der Waals surface area contributed by atoms with Crippen LogP contribution < -0.4 is 4.74 Å². The van der Waals surface area contributed by atoms with Gasteiger partial charge in [-0.05, 0) is 17.9 Å². The van der Waals surface area contributed by atoms with Crippen molar-refractivity contribution in [2.24, 2.45) is 0 Å². The summed E-state index contributed by atoms with van der Waals surface area (Å²) in [6.07, 6.45) is 2.29. The Kier molecular flexibility index (Phi) is 10.7. The predicted octanol–water partition coefficient (Wildman–Crippen LogP) is 2.98. The fourth-order valence-electron chi connectivity index (χ4n) is 1.34. The van der Waals surface area contributed by atoms with E-state index in [9.17, 15) is 0 Å². The van der Waals surface area contributed by atoms with Crippen molar-refractivity contribution >= 4 is 11.3 Å². The molecule has 19 heavy (non-hydrogen) atoms. The fourth-order valence-corrected chi connectivity index (χ4v) is 1.91. The largest absolute Gasteiger partial charge is 0.490 e. The van der Waals surface area contributed by atoms with Crippen LogP contribution in [0, 0.1) is 0 Å². The Bertz CT molecular complexity index is 277. The third-order valence-corrected chi connectivity index (χ3v) is 3.04. The van der Waals surface area contributed by atoms with E-state index in [-0.39, 0.29) is 0 Å². The van der Waals surface area contributed by atoms with Crippen LogP contribution >= 0.6 is 11.3 Å². The highest BCUT2D eigenvalue weighted by molar-refractivity contribution is 7.08.